The second-order valence-corrected chi connectivity index (χ2v) is 22.1. The van der Waals surface area contributed by atoms with Crippen LogP contribution in [0.4, 0.5) is 9.59 Å². The van der Waals surface area contributed by atoms with E-state index in [1.54, 1.807) is 54.5 Å². The minimum Gasteiger partial charge on any atom is -0.553 e. The van der Waals surface area contributed by atoms with E-state index in [-0.39, 0.29) is 114 Å². The number of piperidine rings is 2. The molecule has 0 radical (unpaired) electrons. The third-order valence-corrected chi connectivity index (χ3v) is 13.1. The zero-order valence-electron chi connectivity index (χ0n) is 46.4. The van der Waals surface area contributed by atoms with Crippen molar-refractivity contribution in [3.8, 4) is 0 Å². The summed E-state index contributed by atoms with van der Waals surface area (Å²) >= 11 is 0. The Hall–Kier alpha value is -2.78. The van der Waals surface area contributed by atoms with Gasteiger partial charge in [0.05, 0.1) is 81.5 Å². The number of hydrogen-bond acceptors (Lipinski definition) is 16. The number of rotatable bonds is 21. The summed E-state index contributed by atoms with van der Waals surface area (Å²) in [7, 11) is 0. The monoisotopic (exact) mass is 1110 g/mol. The smallest absolute Gasteiger partial charge is 0.553 e. The number of carboxylic acid groups (broad SMARTS) is 1. The summed E-state index contributed by atoms with van der Waals surface area (Å²) in [6, 6.07) is -2.88. The second-order valence-electron chi connectivity index (χ2n) is 22.1. The van der Waals surface area contributed by atoms with E-state index in [2.05, 4.69) is 31.1 Å². The largest absolute Gasteiger partial charge is 1.00 e. The Morgan fingerprint density at radius 1 is 0.632 bits per heavy atom. The Bertz CT molecular complexity index is 1890. The first-order valence-electron chi connectivity index (χ1n) is 26.5. The van der Waals surface area contributed by atoms with E-state index in [0.717, 1.165) is 63.8 Å². The molecule has 4 amide bonds. The van der Waals surface area contributed by atoms with Gasteiger partial charge in [0.1, 0.15) is 11.2 Å². The summed E-state index contributed by atoms with van der Waals surface area (Å²) in [5.74, 6) is 4.28. The molecule has 23 heteroatoms. The second kappa shape index (κ2) is 34.4. The van der Waals surface area contributed by atoms with Crippen LogP contribution in [0.1, 0.15) is 134 Å². The number of hydrogen-bond donors (Lipinski definition) is 6. The number of ether oxygens (including phenoxy) is 7. The molecule has 4 aliphatic carbocycles. The maximum Gasteiger partial charge on any atom is 1.00 e. The number of carboxylic acids is 1. The van der Waals surface area contributed by atoms with Gasteiger partial charge in [0.2, 0.25) is 11.8 Å². The Balaban J connectivity index is 0.000000492. The summed E-state index contributed by atoms with van der Waals surface area (Å²) in [4.78, 5) is 78.6. The molecule has 0 bridgehead atoms. The molecular formula is C53H92KN7O15. The average Bonchev–Trinajstić information content (AvgIpc) is 4.27. The predicted octanol–water partition coefficient (Wildman–Crippen LogP) is 2.70. The number of amides is 4. The molecule has 0 aromatic carbocycles. The minimum absolute atomic E-state index is 0. The summed E-state index contributed by atoms with van der Waals surface area (Å²) < 4.78 is 39.7. The van der Waals surface area contributed by atoms with Crippen molar-refractivity contribution < 1.29 is 124 Å². The Labute approximate surface area is 494 Å². The van der Waals surface area contributed by atoms with Crippen molar-refractivity contribution in [3.63, 3.8) is 0 Å². The SMILES string of the molecule is C.CC(=O)N[C@@H]1[C@@H](NC(=O)OC(C)(C)C)CC(C(=O)O)=C[C@H]1N1CCC[C@H](OCCOCC2CC2)C1.CCOC(=O)C1=C[C@@H](N2CCC[C@H](OCCOCC3CC3)C2)[C@H](NC(C)=O)[C@@H](NC(=O)OC(C)(C)C)C1.[K+].[NH-]O. The molecule has 8 atom stereocenters. The number of nitrogens with zero attached hydrogens (tertiary/aromatic N) is 2. The number of carbonyl (C=O) groups excluding carboxylic acids is 5. The van der Waals surface area contributed by atoms with E-state index in [1.165, 1.54) is 39.5 Å². The molecule has 6 aliphatic rings. The first-order chi connectivity index (χ1) is 35.1. The van der Waals surface area contributed by atoms with Crippen molar-refractivity contribution >= 4 is 35.9 Å². The van der Waals surface area contributed by atoms with E-state index in [1.807, 2.05) is 6.08 Å². The Kier molecular flexibility index (Phi) is 31.4. The summed E-state index contributed by atoms with van der Waals surface area (Å²) in [5.41, 5.74) is -0.700. The van der Waals surface area contributed by atoms with Gasteiger partial charge in [-0.2, -0.15) is 0 Å². The van der Waals surface area contributed by atoms with E-state index in [9.17, 15) is 33.9 Å². The topological polar surface area (TPSA) is 286 Å². The third kappa shape index (κ3) is 26.0. The molecule has 4 fully saturated rings. The quantitative estimate of drug-likeness (QED) is 0.0317. The van der Waals surface area contributed by atoms with E-state index in [0.29, 0.717) is 45.1 Å². The molecule has 2 heterocycles. The van der Waals surface area contributed by atoms with Crippen molar-refractivity contribution in [2.24, 2.45) is 11.8 Å². The fourth-order valence-corrected chi connectivity index (χ4v) is 9.56. The zero-order valence-corrected chi connectivity index (χ0v) is 49.5. The van der Waals surface area contributed by atoms with Crippen LogP contribution in [0.2, 0.25) is 0 Å². The Morgan fingerprint density at radius 3 is 1.38 bits per heavy atom. The summed E-state index contributed by atoms with van der Waals surface area (Å²) in [6.45, 7) is 22.1. The minimum atomic E-state index is -1.04. The number of esters is 1. The Morgan fingerprint density at radius 2 is 1.03 bits per heavy atom. The predicted molar refractivity (Wildman–Crippen MR) is 280 cm³/mol. The van der Waals surface area contributed by atoms with Gasteiger partial charge >= 0.3 is 75.5 Å². The number of likely N-dealkylation sites (tertiary alicyclic amines) is 2. The van der Waals surface area contributed by atoms with Crippen molar-refractivity contribution in [2.45, 2.75) is 194 Å². The third-order valence-electron chi connectivity index (χ3n) is 13.1. The molecule has 0 aromatic rings. The molecule has 2 saturated heterocycles. The zero-order chi connectivity index (χ0) is 54.6. The van der Waals surface area contributed by atoms with Gasteiger partial charge in [-0.15, -0.1) is 0 Å². The van der Waals surface area contributed by atoms with Gasteiger partial charge in [-0.1, -0.05) is 19.6 Å². The van der Waals surface area contributed by atoms with Crippen LogP contribution in [-0.2, 0) is 52.3 Å². The molecular weight excluding hydrogens is 1010 g/mol. The van der Waals surface area contributed by atoms with Crippen molar-refractivity contribution in [3.05, 3.63) is 29.2 Å². The first-order valence-corrected chi connectivity index (χ1v) is 26.5. The van der Waals surface area contributed by atoms with Crippen molar-refractivity contribution in [1.29, 1.82) is 0 Å². The van der Waals surface area contributed by atoms with Crippen LogP contribution >= 0.6 is 0 Å². The van der Waals surface area contributed by atoms with E-state index >= 15 is 0 Å². The van der Waals surface area contributed by atoms with Gasteiger partial charge in [-0.25, -0.2) is 19.2 Å². The van der Waals surface area contributed by atoms with Crippen LogP contribution in [0.25, 0.3) is 5.90 Å². The maximum atomic E-state index is 12.8. The van der Waals surface area contributed by atoms with Gasteiger partial charge in [0, 0.05) is 64.1 Å². The molecule has 2 aliphatic heterocycles. The van der Waals surface area contributed by atoms with Crippen LogP contribution in [-0.4, -0.2) is 188 Å². The molecule has 6 rings (SSSR count). The van der Waals surface area contributed by atoms with Crippen LogP contribution in [0, 0.1) is 11.8 Å². The number of alkyl carbamates (subject to hydrolysis) is 2. The van der Waals surface area contributed by atoms with Gasteiger partial charge < -0.3 is 70.6 Å². The average molecular weight is 1110 g/mol. The van der Waals surface area contributed by atoms with Gasteiger partial charge in [-0.3, -0.25) is 19.4 Å². The molecule has 0 aromatic heterocycles. The summed E-state index contributed by atoms with van der Waals surface area (Å²) in [6.07, 6.45) is 11.4. The summed E-state index contributed by atoms with van der Waals surface area (Å²) in [5, 5.41) is 27.7. The van der Waals surface area contributed by atoms with Gasteiger partial charge in [0.25, 0.3) is 0 Å². The maximum absolute atomic E-state index is 12.8. The van der Waals surface area contributed by atoms with Gasteiger partial charge in [-0.05, 0) is 125 Å². The van der Waals surface area contributed by atoms with E-state index in [4.69, 9.17) is 44.3 Å². The fourth-order valence-electron chi connectivity index (χ4n) is 9.56. The standard InChI is InChI=1S/C27H45N3O7.C25H41N3O7.CH4.K.H2NO/c1-6-35-25(32)20-14-22(29-26(33)37-27(3,4)5)24(28-18(2)31)23(15-20)30-11-7-8-21(16-30)36-13-12-34-17-19-9-10-19;1-16(29)26-22-20(27-24(32)35-25(2,3)4)12-18(23(30)31)13-21(22)28-9-5-6-19(14-28)34-11-10-33-15-17-7-8-17;;;1-2/h15,19,21-24H,6-14,16-17H2,1-5H3,(H,28,31)(H,29,33);13,17,19-22H,5-12,14-15H2,1-4H3,(H,26,29)(H,27,32)(H,30,31);1H4;;1-2H/q;;;+1;-1/t21-,22-,23+,24+;19-,20-,21+,22+;;;/m00.../s1. The van der Waals surface area contributed by atoms with Crippen LogP contribution < -0.4 is 72.7 Å². The van der Waals surface area contributed by atoms with Gasteiger partial charge in [0.15, 0.2) is 0 Å². The molecule has 7 N–H and O–H groups in total. The van der Waals surface area contributed by atoms with Crippen molar-refractivity contribution in [2.75, 3.05) is 72.4 Å². The first kappa shape index (κ1) is 69.3. The van der Waals surface area contributed by atoms with E-state index < -0.39 is 65.5 Å². The molecule has 2 saturated carbocycles. The molecule has 0 unspecified atom stereocenters. The molecule has 0 spiro atoms. The molecule has 22 nitrogen and oxygen atoms in total. The number of carbonyl (C=O) groups is 6. The van der Waals surface area contributed by atoms with Crippen LogP contribution in [0.15, 0.2) is 23.3 Å². The van der Waals surface area contributed by atoms with Crippen molar-refractivity contribution in [1.82, 2.24) is 31.1 Å². The number of nitrogens with one attached hydrogen (secondary N) is 5. The molecule has 76 heavy (non-hydrogen) atoms. The van der Waals surface area contributed by atoms with Crippen LogP contribution in [0.3, 0.4) is 0 Å². The fraction of sp³-hybridized carbons (Fsp3) is 0.811. The molecule has 430 valence electrons. The number of aliphatic carboxylic acids is 1. The van der Waals surface area contributed by atoms with Crippen LogP contribution in [0.5, 0.6) is 0 Å². The normalized spacial score (nSPS) is 25.8.